The molecule has 35 heavy (non-hydrogen) atoms. The summed E-state index contributed by atoms with van der Waals surface area (Å²) in [6.07, 6.45) is -3.48. The molecule has 1 fully saturated rings. The van der Waals surface area contributed by atoms with Gasteiger partial charge in [-0.05, 0) is 44.2 Å². The van der Waals surface area contributed by atoms with Gasteiger partial charge < -0.3 is 10.0 Å². The quantitative estimate of drug-likeness (QED) is 0.466. The summed E-state index contributed by atoms with van der Waals surface area (Å²) in [5.41, 5.74) is -1.90. The zero-order valence-electron chi connectivity index (χ0n) is 19.0. The van der Waals surface area contributed by atoms with Crippen molar-refractivity contribution in [3.63, 3.8) is 0 Å². The van der Waals surface area contributed by atoms with E-state index in [1.807, 2.05) is 0 Å². The van der Waals surface area contributed by atoms with E-state index in [2.05, 4.69) is 5.10 Å². The van der Waals surface area contributed by atoms with Gasteiger partial charge in [0.15, 0.2) is 11.5 Å². The van der Waals surface area contributed by atoms with E-state index in [9.17, 15) is 32.7 Å². The van der Waals surface area contributed by atoms with Gasteiger partial charge in [0.05, 0.1) is 45.9 Å². The fraction of sp³-hybridized carbons (Fsp3) is 0.478. The summed E-state index contributed by atoms with van der Waals surface area (Å²) in [7, 11) is 0. The first-order chi connectivity index (χ1) is 16.4. The SMILES string of the molecule is CCN(CC(=O)c1c(Cl)cccc1Cl)C(=O)c1cnn([C@@H]2CCC(C(=O)O)[C@H](C)C2)c1C(F)(F)F. The van der Waals surface area contributed by atoms with Crippen molar-refractivity contribution in [1.29, 1.82) is 0 Å². The van der Waals surface area contributed by atoms with E-state index in [-0.39, 0.29) is 47.3 Å². The summed E-state index contributed by atoms with van der Waals surface area (Å²) < 4.78 is 43.2. The number of carboxylic acids is 1. The molecule has 0 saturated heterocycles. The van der Waals surface area contributed by atoms with Crippen LogP contribution in [-0.4, -0.2) is 50.5 Å². The fourth-order valence-corrected chi connectivity index (χ4v) is 5.16. The second-order valence-corrected chi connectivity index (χ2v) is 9.39. The Morgan fingerprint density at radius 2 is 1.83 bits per heavy atom. The highest BCUT2D eigenvalue weighted by Crippen LogP contribution is 2.41. The number of carboxylic acid groups (broad SMARTS) is 1. The Morgan fingerprint density at radius 1 is 1.20 bits per heavy atom. The largest absolute Gasteiger partial charge is 0.481 e. The summed E-state index contributed by atoms with van der Waals surface area (Å²) in [5, 5.41) is 13.3. The smallest absolute Gasteiger partial charge is 0.433 e. The van der Waals surface area contributed by atoms with Crippen LogP contribution in [0.1, 0.15) is 65.6 Å². The monoisotopic (exact) mass is 533 g/mol. The van der Waals surface area contributed by atoms with Gasteiger partial charge in [0.1, 0.15) is 0 Å². The molecule has 1 N–H and O–H groups in total. The van der Waals surface area contributed by atoms with Crippen LogP contribution in [0, 0.1) is 11.8 Å². The molecule has 0 aliphatic heterocycles. The van der Waals surface area contributed by atoms with Crippen LogP contribution in [0.5, 0.6) is 0 Å². The zero-order valence-corrected chi connectivity index (χ0v) is 20.5. The number of likely N-dealkylation sites (N-methyl/N-ethyl adjacent to an activating group) is 1. The third kappa shape index (κ3) is 5.64. The molecular formula is C23H24Cl2F3N3O4. The average Bonchev–Trinajstić information content (AvgIpc) is 3.22. The first-order valence-electron chi connectivity index (χ1n) is 11.0. The average molecular weight is 534 g/mol. The van der Waals surface area contributed by atoms with Gasteiger partial charge in [-0.2, -0.15) is 18.3 Å². The van der Waals surface area contributed by atoms with Crippen molar-refractivity contribution in [1.82, 2.24) is 14.7 Å². The van der Waals surface area contributed by atoms with Crippen LogP contribution in [0.25, 0.3) is 0 Å². The predicted octanol–water partition coefficient (Wildman–Crippen LogP) is 5.62. The first-order valence-corrected chi connectivity index (χ1v) is 11.8. The minimum absolute atomic E-state index is 0.0157. The van der Waals surface area contributed by atoms with Gasteiger partial charge in [-0.15, -0.1) is 0 Å². The topological polar surface area (TPSA) is 92.5 Å². The van der Waals surface area contributed by atoms with Crippen molar-refractivity contribution in [3.05, 3.63) is 51.3 Å². The number of nitrogens with zero attached hydrogens (tertiary/aromatic N) is 3. The second-order valence-electron chi connectivity index (χ2n) is 8.58. The Bertz CT molecular complexity index is 1120. The number of alkyl halides is 3. The van der Waals surface area contributed by atoms with Crippen LogP contribution < -0.4 is 0 Å². The highest BCUT2D eigenvalue weighted by Gasteiger charge is 2.44. The Kier molecular flexibility index (Phi) is 8.16. The maximum atomic E-state index is 14.1. The van der Waals surface area contributed by atoms with E-state index >= 15 is 0 Å². The van der Waals surface area contributed by atoms with E-state index in [4.69, 9.17) is 23.2 Å². The number of Topliss-reactive ketones (excluding diaryl/α,β-unsaturated/α-hetero) is 1. The van der Waals surface area contributed by atoms with Crippen molar-refractivity contribution in [3.8, 4) is 0 Å². The van der Waals surface area contributed by atoms with Gasteiger partial charge in [-0.1, -0.05) is 36.2 Å². The van der Waals surface area contributed by atoms with Gasteiger partial charge in [-0.3, -0.25) is 19.1 Å². The molecule has 190 valence electrons. The van der Waals surface area contributed by atoms with E-state index in [0.717, 1.165) is 15.8 Å². The minimum atomic E-state index is -4.90. The Balaban J connectivity index is 1.91. The molecule has 1 saturated carbocycles. The lowest BCUT2D eigenvalue weighted by Gasteiger charge is -2.33. The molecule has 12 heteroatoms. The number of halogens is 5. The summed E-state index contributed by atoms with van der Waals surface area (Å²) in [6, 6.07) is 3.73. The molecule has 1 unspecified atom stereocenters. The number of carbonyl (C=O) groups is 3. The number of benzene rings is 1. The number of amides is 1. The summed E-state index contributed by atoms with van der Waals surface area (Å²) in [4.78, 5) is 38.3. The van der Waals surface area contributed by atoms with Gasteiger partial charge in [-0.25, -0.2) is 0 Å². The number of carbonyl (C=O) groups excluding carboxylic acids is 2. The molecule has 3 rings (SSSR count). The lowest BCUT2D eigenvalue weighted by molar-refractivity contribution is -0.149. The van der Waals surface area contributed by atoms with Crippen molar-refractivity contribution >= 4 is 40.9 Å². The standard InChI is InChI=1S/C23H24Cl2F3N3O4/c1-3-30(11-18(32)19-16(24)5-4-6-17(19)25)21(33)15-10-29-31(20(15)23(26,27)28)13-7-8-14(22(34)35)12(2)9-13/h4-6,10,12-14H,3,7-9,11H2,1-2H3,(H,34,35)/t12-,13-,14?/m1/s1. The Labute approximate surface area is 209 Å². The molecule has 7 nitrogen and oxygen atoms in total. The van der Waals surface area contributed by atoms with E-state index in [1.165, 1.54) is 19.1 Å². The molecule has 0 bridgehead atoms. The van der Waals surface area contributed by atoms with Gasteiger partial charge in [0, 0.05) is 6.54 Å². The summed E-state index contributed by atoms with van der Waals surface area (Å²) in [5.74, 6) is -3.60. The maximum absolute atomic E-state index is 14.1. The van der Waals surface area contributed by atoms with Crippen LogP contribution in [0.3, 0.4) is 0 Å². The lowest BCUT2D eigenvalue weighted by Crippen LogP contribution is -2.37. The molecule has 1 aromatic carbocycles. The zero-order chi connectivity index (χ0) is 26.1. The lowest BCUT2D eigenvalue weighted by atomic mass is 9.78. The Morgan fingerprint density at radius 3 is 2.34 bits per heavy atom. The summed E-state index contributed by atoms with van der Waals surface area (Å²) >= 11 is 12.1. The molecule has 0 spiro atoms. The maximum Gasteiger partial charge on any atom is 0.433 e. The Hall–Kier alpha value is -2.59. The van der Waals surface area contributed by atoms with E-state index in [1.54, 1.807) is 13.0 Å². The van der Waals surface area contributed by atoms with Gasteiger partial charge in [0.25, 0.3) is 5.91 Å². The number of ketones is 1. The molecule has 1 aliphatic carbocycles. The fourth-order valence-electron chi connectivity index (χ4n) is 4.55. The van der Waals surface area contributed by atoms with E-state index in [0.29, 0.717) is 0 Å². The number of aliphatic carboxylic acids is 1. The van der Waals surface area contributed by atoms with Crippen molar-refractivity contribution in [2.75, 3.05) is 13.1 Å². The summed E-state index contributed by atoms with van der Waals surface area (Å²) in [6.45, 7) is 2.64. The van der Waals surface area contributed by atoms with Crippen molar-refractivity contribution in [2.24, 2.45) is 11.8 Å². The number of hydrogen-bond acceptors (Lipinski definition) is 4. The number of aromatic nitrogens is 2. The molecule has 2 aromatic rings. The van der Waals surface area contributed by atoms with Gasteiger partial charge in [0.2, 0.25) is 0 Å². The van der Waals surface area contributed by atoms with Gasteiger partial charge >= 0.3 is 12.1 Å². The van der Waals surface area contributed by atoms with Crippen molar-refractivity contribution < 1.29 is 32.7 Å². The third-order valence-electron chi connectivity index (χ3n) is 6.34. The van der Waals surface area contributed by atoms with Crippen LogP contribution in [-0.2, 0) is 11.0 Å². The molecular weight excluding hydrogens is 510 g/mol. The molecule has 1 heterocycles. The predicted molar refractivity (Wildman–Crippen MR) is 123 cm³/mol. The first kappa shape index (κ1) is 27.0. The third-order valence-corrected chi connectivity index (χ3v) is 6.97. The molecule has 1 amide bonds. The molecule has 3 atom stereocenters. The van der Waals surface area contributed by atoms with Crippen LogP contribution in [0.2, 0.25) is 10.0 Å². The van der Waals surface area contributed by atoms with E-state index < -0.39 is 53.6 Å². The normalized spacial score (nSPS) is 20.5. The van der Waals surface area contributed by atoms with Crippen LogP contribution in [0.4, 0.5) is 13.2 Å². The number of hydrogen-bond donors (Lipinski definition) is 1. The van der Waals surface area contributed by atoms with Crippen molar-refractivity contribution in [2.45, 2.75) is 45.3 Å². The minimum Gasteiger partial charge on any atom is -0.481 e. The second kappa shape index (κ2) is 10.6. The highest BCUT2D eigenvalue weighted by molar-refractivity contribution is 6.40. The molecule has 1 aromatic heterocycles. The highest BCUT2D eigenvalue weighted by atomic mass is 35.5. The van der Waals surface area contributed by atoms with Crippen LogP contribution in [0.15, 0.2) is 24.4 Å². The molecule has 1 aliphatic rings. The molecule has 0 radical (unpaired) electrons. The van der Waals surface area contributed by atoms with Crippen LogP contribution >= 0.6 is 23.2 Å². The number of rotatable bonds is 7.